The Hall–Kier alpha value is -1.44. The minimum atomic E-state index is -0.543. The van der Waals surface area contributed by atoms with Gasteiger partial charge in [-0.1, -0.05) is 13.8 Å². The third kappa shape index (κ3) is 6.41. The van der Waals surface area contributed by atoms with Crippen LogP contribution in [0.25, 0.3) is 0 Å². The number of nitrogens with one attached hydrogen (secondary N) is 2. The maximum atomic E-state index is 12.1. The first-order chi connectivity index (χ1) is 12.0. The van der Waals surface area contributed by atoms with Gasteiger partial charge >= 0.3 is 11.8 Å². The van der Waals surface area contributed by atoms with Crippen LogP contribution in [0.2, 0.25) is 0 Å². The summed E-state index contributed by atoms with van der Waals surface area (Å²) in [5.41, 5.74) is 1.20. The van der Waals surface area contributed by atoms with E-state index in [4.69, 9.17) is 0 Å². The number of nitrogens with zero attached hydrogens (tertiary/aromatic N) is 2. The number of amides is 2. The average Bonchev–Trinajstić information content (AvgIpc) is 3.10. The van der Waals surface area contributed by atoms with Gasteiger partial charge in [-0.15, -0.1) is 0 Å². The minimum Gasteiger partial charge on any atom is -0.348 e. The molecule has 1 unspecified atom stereocenters. The van der Waals surface area contributed by atoms with Gasteiger partial charge in [-0.3, -0.25) is 14.5 Å². The van der Waals surface area contributed by atoms with Crippen molar-refractivity contribution in [1.82, 2.24) is 20.4 Å². The first kappa shape index (κ1) is 19.9. The molecule has 7 heteroatoms. The molecule has 1 aromatic rings. The van der Waals surface area contributed by atoms with Crippen molar-refractivity contribution in [1.29, 1.82) is 0 Å². The van der Waals surface area contributed by atoms with Crippen molar-refractivity contribution in [2.24, 2.45) is 5.92 Å². The highest BCUT2D eigenvalue weighted by Crippen LogP contribution is 2.23. The van der Waals surface area contributed by atoms with Crippen LogP contribution in [0.15, 0.2) is 16.8 Å². The van der Waals surface area contributed by atoms with E-state index >= 15 is 0 Å². The first-order valence-corrected chi connectivity index (χ1v) is 9.92. The van der Waals surface area contributed by atoms with Crippen molar-refractivity contribution in [3.8, 4) is 0 Å². The van der Waals surface area contributed by atoms with Gasteiger partial charge in [0, 0.05) is 39.3 Å². The van der Waals surface area contributed by atoms with Crippen molar-refractivity contribution in [2.45, 2.75) is 26.3 Å². The number of thiophene rings is 1. The third-order valence-electron chi connectivity index (χ3n) is 4.58. The van der Waals surface area contributed by atoms with E-state index < -0.39 is 11.8 Å². The summed E-state index contributed by atoms with van der Waals surface area (Å²) in [4.78, 5) is 28.7. The van der Waals surface area contributed by atoms with Gasteiger partial charge in [0.05, 0.1) is 6.04 Å². The van der Waals surface area contributed by atoms with E-state index in [0.717, 1.165) is 32.6 Å². The van der Waals surface area contributed by atoms with Gasteiger partial charge in [-0.05, 0) is 41.8 Å². The molecule has 0 saturated carbocycles. The van der Waals surface area contributed by atoms with E-state index in [9.17, 15) is 9.59 Å². The summed E-state index contributed by atoms with van der Waals surface area (Å²) in [6, 6.07) is 2.22. The maximum Gasteiger partial charge on any atom is 0.309 e. The Bertz CT molecular complexity index is 539. The number of hydrogen-bond donors (Lipinski definition) is 2. The van der Waals surface area contributed by atoms with Crippen molar-refractivity contribution >= 4 is 23.2 Å². The van der Waals surface area contributed by atoms with Gasteiger partial charge in [0.15, 0.2) is 0 Å². The van der Waals surface area contributed by atoms with Crippen LogP contribution in [-0.2, 0) is 9.59 Å². The fourth-order valence-electron chi connectivity index (χ4n) is 2.88. The number of piperazine rings is 1. The van der Waals surface area contributed by atoms with Gasteiger partial charge < -0.3 is 15.5 Å². The zero-order valence-electron chi connectivity index (χ0n) is 15.5. The van der Waals surface area contributed by atoms with Crippen LogP contribution in [0.1, 0.15) is 31.9 Å². The molecule has 2 amide bonds. The second-order valence-corrected chi connectivity index (χ2v) is 7.84. The molecule has 0 spiro atoms. The molecule has 1 aromatic heterocycles. The lowest BCUT2D eigenvalue weighted by atomic mass is 10.1. The Morgan fingerprint density at radius 2 is 1.84 bits per heavy atom. The van der Waals surface area contributed by atoms with Crippen LogP contribution in [0.3, 0.4) is 0 Å². The quantitative estimate of drug-likeness (QED) is 0.715. The van der Waals surface area contributed by atoms with E-state index in [-0.39, 0.29) is 6.04 Å². The average molecular weight is 367 g/mol. The monoisotopic (exact) mass is 366 g/mol. The Kier molecular flexibility index (Phi) is 7.87. The molecule has 2 N–H and O–H groups in total. The molecule has 25 heavy (non-hydrogen) atoms. The highest BCUT2D eigenvalue weighted by atomic mass is 32.1. The smallest absolute Gasteiger partial charge is 0.309 e. The predicted octanol–water partition coefficient (Wildman–Crippen LogP) is 1.32. The van der Waals surface area contributed by atoms with Crippen LogP contribution in [0.5, 0.6) is 0 Å². The number of hydrogen-bond acceptors (Lipinski definition) is 5. The molecule has 140 valence electrons. The highest BCUT2D eigenvalue weighted by molar-refractivity contribution is 7.07. The van der Waals surface area contributed by atoms with E-state index in [1.807, 2.05) is 0 Å². The van der Waals surface area contributed by atoms with Gasteiger partial charge in [0.25, 0.3) is 0 Å². The summed E-state index contributed by atoms with van der Waals surface area (Å²) in [6.45, 7) is 9.14. The topological polar surface area (TPSA) is 64.7 Å². The molecule has 1 aliphatic rings. The van der Waals surface area contributed by atoms with Crippen LogP contribution in [-0.4, -0.2) is 67.9 Å². The van der Waals surface area contributed by atoms with E-state index in [1.165, 1.54) is 5.56 Å². The summed E-state index contributed by atoms with van der Waals surface area (Å²) >= 11 is 1.66. The van der Waals surface area contributed by atoms with Gasteiger partial charge in [-0.2, -0.15) is 11.3 Å². The first-order valence-electron chi connectivity index (χ1n) is 8.98. The molecule has 0 aromatic carbocycles. The van der Waals surface area contributed by atoms with Gasteiger partial charge in [0.2, 0.25) is 0 Å². The van der Waals surface area contributed by atoms with Crippen molar-refractivity contribution in [2.75, 3.05) is 46.3 Å². The molecule has 2 rings (SSSR count). The molecule has 1 aliphatic heterocycles. The molecule has 0 radical (unpaired) electrons. The van der Waals surface area contributed by atoms with Crippen LogP contribution in [0, 0.1) is 5.92 Å². The summed E-state index contributed by atoms with van der Waals surface area (Å²) in [6.07, 6.45) is 0.873. The molecule has 0 aliphatic carbocycles. The van der Waals surface area contributed by atoms with Crippen molar-refractivity contribution in [3.63, 3.8) is 0 Å². The summed E-state index contributed by atoms with van der Waals surface area (Å²) < 4.78 is 0. The summed E-state index contributed by atoms with van der Waals surface area (Å²) in [7, 11) is 2.13. The van der Waals surface area contributed by atoms with Crippen LogP contribution >= 0.6 is 11.3 Å². The van der Waals surface area contributed by atoms with Crippen LogP contribution < -0.4 is 10.6 Å². The Morgan fingerprint density at radius 3 is 2.44 bits per heavy atom. The lowest BCUT2D eigenvalue weighted by Crippen LogP contribution is -2.49. The van der Waals surface area contributed by atoms with E-state index in [0.29, 0.717) is 19.0 Å². The summed E-state index contributed by atoms with van der Waals surface area (Å²) in [5, 5.41) is 9.68. The lowest BCUT2D eigenvalue weighted by Gasteiger charge is -2.37. The standard InChI is InChI=1S/C18H30N4O2S/c1-14(2)4-6-19-17(23)18(24)20-12-16(15-5-11-25-13-15)22-9-7-21(3)8-10-22/h5,11,13-14,16H,4,6-10,12H2,1-3H3,(H,19,23)(H,20,24). The second-order valence-electron chi connectivity index (χ2n) is 7.06. The highest BCUT2D eigenvalue weighted by Gasteiger charge is 2.25. The van der Waals surface area contributed by atoms with Gasteiger partial charge in [0.1, 0.15) is 0 Å². The molecule has 1 fully saturated rings. The number of rotatable bonds is 7. The Morgan fingerprint density at radius 1 is 1.16 bits per heavy atom. The predicted molar refractivity (Wildman–Crippen MR) is 102 cm³/mol. The molecule has 1 atom stereocenters. The van der Waals surface area contributed by atoms with Crippen LogP contribution in [0.4, 0.5) is 0 Å². The molecule has 2 heterocycles. The SMILES string of the molecule is CC(C)CCNC(=O)C(=O)NCC(c1ccsc1)N1CCN(C)CC1. The Labute approximate surface area is 154 Å². The van der Waals surface area contributed by atoms with Crippen molar-refractivity contribution < 1.29 is 9.59 Å². The normalized spacial score (nSPS) is 17.4. The molecule has 6 nitrogen and oxygen atoms in total. The number of likely N-dealkylation sites (N-methyl/N-ethyl adjacent to an activating group) is 1. The molecular formula is C18H30N4O2S. The minimum absolute atomic E-state index is 0.118. The fraction of sp³-hybridized carbons (Fsp3) is 0.667. The van der Waals surface area contributed by atoms with E-state index in [2.05, 4.69) is 58.2 Å². The third-order valence-corrected chi connectivity index (χ3v) is 5.28. The zero-order chi connectivity index (χ0) is 18.2. The maximum absolute atomic E-state index is 12.1. The lowest BCUT2D eigenvalue weighted by molar-refractivity contribution is -0.139. The zero-order valence-corrected chi connectivity index (χ0v) is 16.3. The largest absolute Gasteiger partial charge is 0.348 e. The molecule has 1 saturated heterocycles. The molecular weight excluding hydrogens is 336 g/mol. The van der Waals surface area contributed by atoms with E-state index in [1.54, 1.807) is 11.3 Å². The van der Waals surface area contributed by atoms with Crippen molar-refractivity contribution in [3.05, 3.63) is 22.4 Å². The fourth-order valence-corrected chi connectivity index (χ4v) is 3.59. The number of carbonyl (C=O) groups is 2. The van der Waals surface area contributed by atoms with Gasteiger partial charge in [-0.25, -0.2) is 0 Å². The summed E-state index contributed by atoms with van der Waals surface area (Å²) in [5.74, 6) is -0.579. The Balaban J connectivity index is 1.87. The number of carbonyl (C=O) groups excluding carboxylic acids is 2. The second kappa shape index (κ2) is 9.89. The molecule has 0 bridgehead atoms.